The topological polar surface area (TPSA) is 58.5 Å². The molecule has 31 heavy (non-hydrogen) atoms. The Morgan fingerprint density at radius 3 is 2.19 bits per heavy atom. The first-order valence-electron chi connectivity index (χ1n) is 10.3. The molecule has 0 N–H and O–H groups in total. The van der Waals surface area contributed by atoms with E-state index in [-0.39, 0.29) is 11.7 Å². The summed E-state index contributed by atoms with van der Waals surface area (Å²) in [5.74, 6) is 2.14. The number of thioether (sulfide) groups is 2. The van der Waals surface area contributed by atoms with Crippen LogP contribution >= 0.6 is 23.5 Å². The zero-order valence-corrected chi connectivity index (χ0v) is 19.4. The van der Waals surface area contributed by atoms with E-state index in [0.29, 0.717) is 5.71 Å². The molecular weight excluding hydrogens is 424 g/mol. The molecule has 2 aromatic carbocycles. The van der Waals surface area contributed by atoms with Gasteiger partial charge < -0.3 is 0 Å². The quantitative estimate of drug-likeness (QED) is 0.254. The van der Waals surface area contributed by atoms with Crippen molar-refractivity contribution < 1.29 is 4.79 Å². The number of hydrazone groups is 1. The number of fused-ring (bicyclic) bond motifs is 1. The standard InChI is InChI=1S/C24H24N4OS2/c1-4-30-23-20-19(17-12-8-6-9-13-17)21(16(3)29)27-28(18-14-10-7-11-15-18)22(20)25-24(26-23)31-5-2/h6-15,19H,4-5H2,1-3H3. The maximum absolute atomic E-state index is 12.8. The van der Waals surface area contributed by atoms with Gasteiger partial charge in [-0.25, -0.2) is 15.0 Å². The molecular formula is C24H24N4OS2. The SMILES string of the molecule is CCSc1nc(SCC)c2c(n1)N(c1ccccc1)N=C(C(C)=O)C2c1ccccc1. The summed E-state index contributed by atoms with van der Waals surface area (Å²) in [7, 11) is 0. The van der Waals surface area contributed by atoms with E-state index in [0.717, 1.165) is 44.3 Å². The number of Topliss-reactive ketones (excluding diaryl/α,β-unsaturated/α-hetero) is 1. The van der Waals surface area contributed by atoms with Gasteiger partial charge in [-0.15, -0.1) is 11.8 Å². The summed E-state index contributed by atoms with van der Waals surface area (Å²) in [5.41, 5.74) is 3.33. The van der Waals surface area contributed by atoms with Gasteiger partial charge in [0.2, 0.25) is 0 Å². The number of rotatable bonds is 7. The summed E-state index contributed by atoms with van der Waals surface area (Å²) in [6, 6.07) is 19.9. The van der Waals surface area contributed by atoms with Crippen LogP contribution in [-0.2, 0) is 4.79 Å². The van der Waals surface area contributed by atoms with Crippen LogP contribution in [0.25, 0.3) is 0 Å². The Morgan fingerprint density at radius 2 is 1.58 bits per heavy atom. The smallest absolute Gasteiger partial charge is 0.190 e. The van der Waals surface area contributed by atoms with Crippen LogP contribution in [0.15, 0.2) is 75.9 Å². The van der Waals surface area contributed by atoms with Crippen LogP contribution in [0.4, 0.5) is 11.5 Å². The van der Waals surface area contributed by atoms with E-state index >= 15 is 0 Å². The molecule has 1 unspecified atom stereocenters. The summed E-state index contributed by atoms with van der Waals surface area (Å²) in [6.07, 6.45) is 0. The molecule has 4 rings (SSSR count). The van der Waals surface area contributed by atoms with Crippen LogP contribution in [0.5, 0.6) is 0 Å². The highest BCUT2D eigenvalue weighted by Gasteiger charge is 2.37. The van der Waals surface area contributed by atoms with E-state index in [1.807, 2.05) is 60.7 Å². The van der Waals surface area contributed by atoms with E-state index in [9.17, 15) is 4.79 Å². The first kappa shape index (κ1) is 21.6. The van der Waals surface area contributed by atoms with E-state index in [2.05, 4.69) is 13.8 Å². The summed E-state index contributed by atoms with van der Waals surface area (Å²) in [4.78, 5) is 22.6. The van der Waals surface area contributed by atoms with Crippen LogP contribution in [-0.4, -0.2) is 33.0 Å². The largest absolute Gasteiger partial charge is 0.293 e. The fourth-order valence-electron chi connectivity index (χ4n) is 3.62. The van der Waals surface area contributed by atoms with Crippen molar-refractivity contribution >= 4 is 46.5 Å². The number of carbonyl (C=O) groups is 1. The lowest BCUT2D eigenvalue weighted by Gasteiger charge is -2.33. The lowest BCUT2D eigenvalue weighted by atomic mass is 9.85. The van der Waals surface area contributed by atoms with Crippen molar-refractivity contribution in [1.82, 2.24) is 9.97 Å². The molecule has 0 fully saturated rings. The minimum Gasteiger partial charge on any atom is -0.293 e. The van der Waals surface area contributed by atoms with Crippen molar-refractivity contribution in [3.8, 4) is 0 Å². The van der Waals surface area contributed by atoms with Crippen molar-refractivity contribution in [1.29, 1.82) is 0 Å². The van der Waals surface area contributed by atoms with Gasteiger partial charge in [-0.1, -0.05) is 74.1 Å². The molecule has 1 atom stereocenters. The number of nitrogens with zero attached hydrogens (tertiary/aromatic N) is 4. The Bertz CT molecular complexity index is 1100. The molecule has 0 aliphatic carbocycles. The number of carbonyl (C=O) groups excluding carboxylic acids is 1. The van der Waals surface area contributed by atoms with Gasteiger partial charge in [0.25, 0.3) is 0 Å². The van der Waals surface area contributed by atoms with Crippen LogP contribution in [0.1, 0.15) is 37.8 Å². The third-order valence-corrected chi connectivity index (χ3v) is 6.49. The molecule has 158 valence electrons. The van der Waals surface area contributed by atoms with E-state index < -0.39 is 0 Å². The molecule has 7 heteroatoms. The number of aromatic nitrogens is 2. The Morgan fingerprint density at radius 1 is 0.935 bits per heavy atom. The molecule has 0 spiro atoms. The highest BCUT2D eigenvalue weighted by molar-refractivity contribution is 7.99. The second-order valence-corrected chi connectivity index (χ2v) is 9.43. The first-order valence-corrected chi connectivity index (χ1v) is 12.3. The van der Waals surface area contributed by atoms with Crippen LogP contribution in [0.2, 0.25) is 0 Å². The number of para-hydroxylation sites is 1. The molecule has 1 aromatic heterocycles. The van der Waals surface area contributed by atoms with Gasteiger partial charge in [-0.2, -0.15) is 5.10 Å². The molecule has 0 radical (unpaired) electrons. The summed E-state index contributed by atoms with van der Waals surface area (Å²) < 4.78 is 0. The van der Waals surface area contributed by atoms with E-state index in [1.54, 1.807) is 35.5 Å². The minimum atomic E-state index is -0.302. The maximum atomic E-state index is 12.8. The van der Waals surface area contributed by atoms with Gasteiger partial charge in [0.15, 0.2) is 16.8 Å². The molecule has 0 bridgehead atoms. The Hall–Kier alpha value is -2.64. The molecule has 0 amide bonds. The lowest BCUT2D eigenvalue weighted by Crippen LogP contribution is -2.32. The average molecular weight is 449 g/mol. The zero-order chi connectivity index (χ0) is 21.8. The molecule has 0 saturated heterocycles. The van der Waals surface area contributed by atoms with Gasteiger partial charge in [0.05, 0.1) is 11.6 Å². The fourth-order valence-corrected chi connectivity index (χ4v) is 5.03. The predicted octanol–water partition coefficient (Wildman–Crippen LogP) is 5.93. The predicted molar refractivity (Wildman–Crippen MR) is 130 cm³/mol. The average Bonchev–Trinajstić information content (AvgIpc) is 2.79. The third-order valence-electron chi connectivity index (χ3n) is 4.89. The fraction of sp³-hybridized carbons (Fsp3) is 0.250. The van der Waals surface area contributed by atoms with Gasteiger partial charge in [-0.3, -0.25) is 4.79 Å². The molecule has 5 nitrogen and oxygen atoms in total. The monoisotopic (exact) mass is 448 g/mol. The maximum Gasteiger partial charge on any atom is 0.190 e. The third kappa shape index (κ3) is 4.38. The Kier molecular flexibility index (Phi) is 6.73. The van der Waals surface area contributed by atoms with Crippen molar-refractivity contribution in [3.05, 3.63) is 71.8 Å². The Balaban J connectivity index is 2.03. The summed E-state index contributed by atoms with van der Waals surface area (Å²) >= 11 is 3.29. The first-order chi connectivity index (χ1) is 15.1. The number of hydrogen-bond donors (Lipinski definition) is 0. The van der Waals surface area contributed by atoms with Gasteiger partial charge in [0.1, 0.15) is 10.7 Å². The lowest BCUT2D eigenvalue weighted by molar-refractivity contribution is -0.111. The minimum absolute atomic E-state index is 0.0557. The molecule has 3 aromatic rings. The van der Waals surface area contributed by atoms with Gasteiger partial charge >= 0.3 is 0 Å². The van der Waals surface area contributed by atoms with E-state index in [4.69, 9.17) is 15.1 Å². The zero-order valence-electron chi connectivity index (χ0n) is 17.8. The molecule has 1 aliphatic heterocycles. The molecule has 0 saturated carbocycles. The molecule has 2 heterocycles. The second kappa shape index (κ2) is 9.66. The van der Waals surface area contributed by atoms with Crippen LogP contribution in [0, 0.1) is 0 Å². The van der Waals surface area contributed by atoms with Crippen LogP contribution in [0.3, 0.4) is 0 Å². The van der Waals surface area contributed by atoms with Gasteiger partial charge in [-0.05, 0) is 29.2 Å². The van der Waals surface area contributed by atoms with Crippen molar-refractivity contribution in [2.24, 2.45) is 5.10 Å². The normalized spacial score (nSPS) is 15.4. The van der Waals surface area contributed by atoms with Gasteiger partial charge in [0, 0.05) is 12.5 Å². The number of anilines is 2. The van der Waals surface area contributed by atoms with Crippen molar-refractivity contribution in [3.63, 3.8) is 0 Å². The van der Waals surface area contributed by atoms with Crippen molar-refractivity contribution in [2.45, 2.75) is 36.9 Å². The number of hydrogen-bond acceptors (Lipinski definition) is 7. The second-order valence-electron chi connectivity index (χ2n) is 6.95. The van der Waals surface area contributed by atoms with Crippen LogP contribution < -0.4 is 5.01 Å². The van der Waals surface area contributed by atoms with E-state index in [1.165, 1.54) is 0 Å². The summed E-state index contributed by atoms with van der Waals surface area (Å²) in [5, 5.41) is 8.28. The van der Waals surface area contributed by atoms with Crippen molar-refractivity contribution in [2.75, 3.05) is 16.5 Å². The number of benzene rings is 2. The highest BCUT2D eigenvalue weighted by Crippen LogP contribution is 2.45. The summed E-state index contributed by atoms with van der Waals surface area (Å²) in [6.45, 7) is 5.78. The number of ketones is 1. The highest BCUT2D eigenvalue weighted by atomic mass is 32.2. The molecule has 1 aliphatic rings. The Labute approximate surface area is 191 Å².